The van der Waals surface area contributed by atoms with Crippen molar-refractivity contribution in [3.8, 4) is 11.5 Å². The van der Waals surface area contributed by atoms with E-state index in [1.165, 1.54) is 11.1 Å². The Bertz CT molecular complexity index is 632. The summed E-state index contributed by atoms with van der Waals surface area (Å²) in [5, 5.41) is 0. The lowest BCUT2D eigenvalue weighted by Crippen LogP contribution is -2.08. The van der Waals surface area contributed by atoms with E-state index in [2.05, 4.69) is 12.1 Å². The van der Waals surface area contributed by atoms with E-state index in [9.17, 15) is 0 Å². The smallest absolute Gasteiger partial charge is 0.122 e. The molecule has 0 aromatic heterocycles. The number of para-hydroxylation sites is 2. The molecule has 2 aliphatic rings. The molecule has 0 amide bonds. The summed E-state index contributed by atoms with van der Waals surface area (Å²) in [6.45, 7) is 3.04. The van der Waals surface area contributed by atoms with Crippen molar-refractivity contribution in [2.24, 2.45) is 0 Å². The Hall–Kier alpha value is -2.04. The zero-order valence-corrected chi connectivity index (χ0v) is 14.4. The predicted octanol–water partition coefficient (Wildman–Crippen LogP) is 3.42. The number of epoxide rings is 2. The number of rotatable bonds is 10. The van der Waals surface area contributed by atoms with Crippen LogP contribution in [0.4, 0.5) is 0 Å². The van der Waals surface area contributed by atoms with Crippen LogP contribution in [0.15, 0.2) is 48.5 Å². The Morgan fingerprint density at radius 2 is 1.16 bits per heavy atom. The third-order valence-corrected chi connectivity index (χ3v) is 4.45. The number of hydrogen-bond acceptors (Lipinski definition) is 4. The van der Waals surface area contributed by atoms with Crippen LogP contribution in [-0.4, -0.2) is 38.6 Å². The third-order valence-electron chi connectivity index (χ3n) is 4.45. The molecule has 4 heteroatoms. The minimum atomic E-state index is 0.375. The van der Waals surface area contributed by atoms with Crippen LogP contribution in [0, 0.1) is 0 Å². The molecule has 2 atom stereocenters. The summed E-state index contributed by atoms with van der Waals surface area (Å²) in [5.41, 5.74) is 2.45. The SMILES string of the molecule is c1ccc(OCCCOc2ccccc2CC2CO2)c(CC2CO2)c1. The Balaban J connectivity index is 1.22. The van der Waals surface area contributed by atoms with Gasteiger partial charge in [-0.3, -0.25) is 0 Å². The summed E-state index contributed by atoms with van der Waals surface area (Å²) in [5.74, 6) is 1.92. The molecule has 2 fully saturated rings. The van der Waals surface area contributed by atoms with Gasteiger partial charge in [0.25, 0.3) is 0 Å². The maximum absolute atomic E-state index is 5.95. The van der Waals surface area contributed by atoms with E-state index in [1.54, 1.807) is 0 Å². The molecule has 2 unspecified atom stereocenters. The van der Waals surface area contributed by atoms with E-state index >= 15 is 0 Å². The van der Waals surface area contributed by atoms with Crippen molar-refractivity contribution in [1.29, 1.82) is 0 Å². The molecule has 2 aromatic rings. The first-order chi connectivity index (χ1) is 12.4. The van der Waals surface area contributed by atoms with Gasteiger partial charge in [-0.05, 0) is 23.3 Å². The van der Waals surface area contributed by atoms with Crippen LogP contribution in [0.1, 0.15) is 17.5 Å². The first-order valence-electron chi connectivity index (χ1n) is 9.03. The van der Waals surface area contributed by atoms with E-state index < -0.39 is 0 Å². The van der Waals surface area contributed by atoms with Crippen molar-refractivity contribution in [3.63, 3.8) is 0 Å². The van der Waals surface area contributed by atoms with Gasteiger partial charge in [0.15, 0.2) is 0 Å². The summed E-state index contributed by atoms with van der Waals surface area (Å²) in [7, 11) is 0. The molecule has 0 radical (unpaired) electrons. The van der Waals surface area contributed by atoms with Gasteiger partial charge in [0.2, 0.25) is 0 Å². The number of benzene rings is 2. The van der Waals surface area contributed by atoms with E-state index in [0.717, 1.165) is 44.0 Å². The van der Waals surface area contributed by atoms with E-state index in [4.69, 9.17) is 18.9 Å². The monoisotopic (exact) mass is 340 g/mol. The standard InChI is InChI=1S/C21H24O4/c1-3-8-20(16(6-1)12-18-14-24-18)22-10-5-11-23-21-9-4-2-7-17(21)13-19-15-25-19/h1-4,6-9,18-19H,5,10-15H2. The van der Waals surface area contributed by atoms with Crippen molar-refractivity contribution in [2.45, 2.75) is 31.5 Å². The minimum Gasteiger partial charge on any atom is -0.493 e. The summed E-state index contributed by atoms with van der Waals surface area (Å²) in [6.07, 6.45) is 3.47. The Labute approximate surface area is 148 Å². The van der Waals surface area contributed by atoms with Crippen LogP contribution >= 0.6 is 0 Å². The van der Waals surface area contributed by atoms with Crippen molar-refractivity contribution in [1.82, 2.24) is 0 Å². The average molecular weight is 340 g/mol. The third kappa shape index (κ3) is 4.97. The Morgan fingerprint density at radius 3 is 1.60 bits per heavy atom. The van der Waals surface area contributed by atoms with Gasteiger partial charge in [0, 0.05) is 19.3 Å². The van der Waals surface area contributed by atoms with Gasteiger partial charge >= 0.3 is 0 Å². The molecule has 0 saturated carbocycles. The van der Waals surface area contributed by atoms with Gasteiger partial charge in [-0.1, -0.05) is 36.4 Å². The fourth-order valence-corrected chi connectivity index (χ4v) is 2.91. The number of ether oxygens (including phenoxy) is 4. The molecular formula is C21H24O4. The molecular weight excluding hydrogens is 316 g/mol. The molecule has 132 valence electrons. The van der Waals surface area contributed by atoms with Crippen molar-refractivity contribution in [3.05, 3.63) is 59.7 Å². The lowest BCUT2D eigenvalue weighted by molar-refractivity contribution is 0.244. The van der Waals surface area contributed by atoms with Crippen LogP contribution < -0.4 is 9.47 Å². The topological polar surface area (TPSA) is 43.5 Å². The molecule has 0 N–H and O–H groups in total. The van der Waals surface area contributed by atoms with Gasteiger partial charge in [-0.25, -0.2) is 0 Å². The average Bonchev–Trinajstić information content (AvgIpc) is 3.54. The van der Waals surface area contributed by atoms with Crippen molar-refractivity contribution < 1.29 is 18.9 Å². The summed E-state index contributed by atoms with van der Waals surface area (Å²) >= 11 is 0. The normalized spacial score (nSPS) is 21.0. The lowest BCUT2D eigenvalue weighted by Gasteiger charge is -2.13. The maximum Gasteiger partial charge on any atom is 0.122 e. The second-order valence-electron chi connectivity index (χ2n) is 6.58. The molecule has 2 aromatic carbocycles. The molecule has 0 aliphatic carbocycles. The fraction of sp³-hybridized carbons (Fsp3) is 0.429. The fourth-order valence-electron chi connectivity index (χ4n) is 2.91. The van der Waals surface area contributed by atoms with E-state index in [0.29, 0.717) is 25.4 Å². The molecule has 2 saturated heterocycles. The van der Waals surface area contributed by atoms with Crippen molar-refractivity contribution >= 4 is 0 Å². The van der Waals surface area contributed by atoms with Crippen molar-refractivity contribution in [2.75, 3.05) is 26.4 Å². The van der Waals surface area contributed by atoms with Gasteiger partial charge in [0.05, 0.1) is 38.6 Å². The second kappa shape index (κ2) is 7.89. The zero-order valence-electron chi connectivity index (χ0n) is 14.4. The predicted molar refractivity (Wildman–Crippen MR) is 95.4 cm³/mol. The van der Waals surface area contributed by atoms with Crippen LogP contribution in [0.3, 0.4) is 0 Å². The highest BCUT2D eigenvalue weighted by molar-refractivity contribution is 5.35. The quantitative estimate of drug-likeness (QED) is 0.491. The first kappa shape index (κ1) is 16.4. The van der Waals surface area contributed by atoms with E-state index in [-0.39, 0.29) is 0 Å². The highest BCUT2D eigenvalue weighted by Crippen LogP contribution is 2.25. The maximum atomic E-state index is 5.95. The second-order valence-corrected chi connectivity index (χ2v) is 6.58. The Morgan fingerprint density at radius 1 is 0.720 bits per heavy atom. The molecule has 25 heavy (non-hydrogen) atoms. The van der Waals surface area contributed by atoms with Gasteiger partial charge in [-0.15, -0.1) is 0 Å². The molecule has 4 rings (SSSR count). The molecule has 0 bridgehead atoms. The van der Waals surface area contributed by atoms with Crippen LogP contribution in [-0.2, 0) is 22.3 Å². The highest BCUT2D eigenvalue weighted by atomic mass is 16.6. The number of hydrogen-bond donors (Lipinski definition) is 0. The zero-order chi connectivity index (χ0) is 16.9. The summed E-state index contributed by atoms with van der Waals surface area (Å²) in [6, 6.07) is 16.4. The minimum absolute atomic E-state index is 0.375. The van der Waals surface area contributed by atoms with E-state index in [1.807, 2.05) is 36.4 Å². The van der Waals surface area contributed by atoms with Crippen LogP contribution in [0.5, 0.6) is 11.5 Å². The largest absolute Gasteiger partial charge is 0.493 e. The van der Waals surface area contributed by atoms with Crippen LogP contribution in [0.2, 0.25) is 0 Å². The van der Waals surface area contributed by atoms with Gasteiger partial charge in [-0.2, -0.15) is 0 Å². The molecule has 0 spiro atoms. The van der Waals surface area contributed by atoms with Crippen LogP contribution in [0.25, 0.3) is 0 Å². The molecule has 2 heterocycles. The molecule has 4 nitrogen and oxygen atoms in total. The highest BCUT2D eigenvalue weighted by Gasteiger charge is 2.24. The van der Waals surface area contributed by atoms with Gasteiger partial charge in [0.1, 0.15) is 11.5 Å². The summed E-state index contributed by atoms with van der Waals surface area (Å²) < 4.78 is 22.5. The lowest BCUT2D eigenvalue weighted by atomic mass is 10.1. The Kier molecular flexibility index (Phi) is 5.19. The summed E-state index contributed by atoms with van der Waals surface area (Å²) in [4.78, 5) is 0. The van der Waals surface area contributed by atoms with Gasteiger partial charge < -0.3 is 18.9 Å². The first-order valence-corrected chi connectivity index (χ1v) is 9.03. The molecule has 2 aliphatic heterocycles.